The molecule has 0 bridgehead atoms. The van der Waals surface area contributed by atoms with E-state index >= 15 is 0 Å². The predicted octanol–water partition coefficient (Wildman–Crippen LogP) is 5.38. The molecule has 0 unspecified atom stereocenters. The van der Waals surface area contributed by atoms with Gasteiger partial charge in [0.15, 0.2) is 11.4 Å². The molecule has 4 aliphatic carbocycles. The highest BCUT2D eigenvalue weighted by Gasteiger charge is 2.85. The highest BCUT2D eigenvalue weighted by atomic mass is 16.7. The number of fused-ring (bicyclic) bond motifs is 3. The lowest BCUT2D eigenvalue weighted by Crippen LogP contribution is -2.51. The number of aliphatic hydroxyl groups is 1. The van der Waals surface area contributed by atoms with E-state index in [9.17, 15) is 19.5 Å². The molecule has 1 saturated carbocycles. The lowest BCUT2D eigenvalue weighted by Gasteiger charge is -2.41. The maximum absolute atomic E-state index is 14.4. The Balaban J connectivity index is 1.19. The van der Waals surface area contributed by atoms with Crippen LogP contribution < -0.4 is 16.4 Å². The molecule has 0 amide bonds. The number of hydrogen-bond acceptors (Lipinski definition) is 9. The van der Waals surface area contributed by atoms with E-state index in [-0.39, 0.29) is 48.1 Å². The maximum atomic E-state index is 14.4. The molecule has 9 heteroatoms. The minimum atomic E-state index is -2.09. The largest absolute Gasteiger partial charge is 0.463 e. The second-order valence-corrected chi connectivity index (χ2v) is 15.2. The topological polar surface area (TPSA) is 143 Å². The van der Waals surface area contributed by atoms with Crippen LogP contribution in [0.2, 0.25) is 0 Å². The summed E-state index contributed by atoms with van der Waals surface area (Å²) in [6, 6.07) is 6.62. The molecule has 50 heavy (non-hydrogen) atoms. The third-order valence-corrected chi connectivity index (χ3v) is 12.3. The number of rotatable bonds is 11. The summed E-state index contributed by atoms with van der Waals surface area (Å²) < 4.78 is 12.3. The van der Waals surface area contributed by atoms with Crippen LogP contribution in [0.4, 0.5) is 0 Å². The van der Waals surface area contributed by atoms with Crippen LogP contribution in [0, 0.1) is 17.3 Å². The Morgan fingerprint density at radius 3 is 2.60 bits per heavy atom. The number of ketones is 2. The highest BCUT2D eigenvalue weighted by Crippen LogP contribution is 2.60. The summed E-state index contributed by atoms with van der Waals surface area (Å²) in [6.45, 7) is 5.26. The van der Waals surface area contributed by atoms with Crippen LogP contribution >= 0.6 is 0 Å². The van der Waals surface area contributed by atoms with Crippen molar-refractivity contribution >= 4 is 17.5 Å². The molecule has 2 fully saturated rings. The van der Waals surface area contributed by atoms with Crippen LogP contribution in [-0.2, 0) is 14.3 Å². The van der Waals surface area contributed by atoms with E-state index in [2.05, 4.69) is 41.9 Å². The number of likely N-dealkylation sites (N-methyl/N-ethyl adjacent to an activating group) is 1. The van der Waals surface area contributed by atoms with Crippen LogP contribution in [0.1, 0.15) is 98.8 Å². The van der Waals surface area contributed by atoms with Gasteiger partial charge in [0, 0.05) is 36.1 Å². The van der Waals surface area contributed by atoms with Gasteiger partial charge >= 0.3 is 5.97 Å². The second kappa shape index (κ2) is 13.7. The Morgan fingerprint density at radius 1 is 1.12 bits per heavy atom. The number of nitrogens with two attached hydrogens (primary N) is 1. The summed E-state index contributed by atoms with van der Waals surface area (Å²) >= 11 is 0. The van der Waals surface area contributed by atoms with Gasteiger partial charge in [0.25, 0.3) is 5.60 Å². The van der Waals surface area contributed by atoms with E-state index in [0.717, 1.165) is 57.1 Å². The standard InChI is InChI=1S/C41H51N3O6/c1-3-43-34-20-28-12-6-5-11-27(28)19-29(34)25-49-38(48)41-37(47)33-14-8-7-13-32(33)36(46)40(41,50-41)23-30(24-45)26(2)22-39(16-9-4-10-17-39)31-15-18-44-35(42)21-31/h6-8,12-15,20-21,27,29,34,43-45H,3-5,9-11,16-19,22-25,42H2,1-2H3/b30-26-/t27-,29-,34+,40-,41-/m0/s1. The molecule has 0 aromatic heterocycles. The summed E-state index contributed by atoms with van der Waals surface area (Å²) in [6.07, 6.45) is 19.8. The van der Waals surface area contributed by atoms with Crippen LogP contribution in [0.25, 0.3) is 0 Å². The number of aliphatic hydroxyl groups excluding tert-OH is 1. The molecule has 5 atom stereocenters. The van der Waals surface area contributed by atoms with E-state index in [0.29, 0.717) is 30.3 Å². The summed E-state index contributed by atoms with van der Waals surface area (Å²) in [4.78, 5) is 43.0. The van der Waals surface area contributed by atoms with E-state index < -0.39 is 28.7 Å². The fraction of sp³-hybridized carbons (Fsp3) is 0.537. The van der Waals surface area contributed by atoms with Gasteiger partial charge in [-0.3, -0.25) is 9.59 Å². The van der Waals surface area contributed by atoms with E-state index in [1.54, 1.807) is 24.3 Å². The molecule has 0 radical (unpaired) electrons. The fourth-order valence-electron chi connectivity index (χ4n) is 9.53. The Kier molecular flexibility index (Phi) is 9.52. The molecule has 266 valence electrons. The van der Waals surface area contributed by atoms with Crippen molar-refractivity contribution in [2.75, 3.05) is 26.3 Å². The summed E-state index contributed by atoms with van der Waals surface area (Å²) in [5.41, 5.74) is 6.66. The maximum Gasteiger partial charge on any atom is 0.350 e. The van der Waals surface area contributed by atoms with Crippen LogP contribution in [-0.4, -0.2) is 66.2 Å². The van der Waals surface area contributed by atoms with Crippen molar-refractivity contribution in [3.05, 3.63) is 93.9 Å². The molecule has 6 aliphatic rings. The average molecular weight is 682 g/mol. The molecule has 1 saturated heterocycles. The third kappa shape index (κ3) is 5.81. The minimum absolute atomic E-state index is 0.0135. The van der Waals surface area contributed by atoms with Crippen LogP contribution in [0.5, 0.6) is 0 Å². The van der Waals surface area contributed by atoms with Crippen LogP contribution in [0.3, 0.4) is 0 Å². The van der Waals surface area contributed by atoms with Crippen molar-refractivity contribution in [2.24, 2.45) is 23.0 Å². The van der Waals surface area contributed by atoms with E-state index in [4.69, 9.17) is 15.2 Å². The number of carbonyl (C=O) groups excluding carboxylic acids is 3. The van der Waals surface area contributed by atoms with Crippen molar-refractivity contribution in [2.45, 2.75) is 95.3 Å². The number of dihydropyridines is 1. The third-order valence-electron chi connectivity index (χ3n) is 12.3. The average Bonchev–Trinajstić information content (AvgIpc) is 3.84. The number of benzene rings is 1. The Bertz CT molecular complexity index is 1710. The summed E-state index contributed by atoms with van der Waals surface area (Å²) in [5.74, 6) is -0.733. The number of esters is 1. The molecule has 1 aromatic carbocycles. The first-order valence-electron chi connectivity index (χ1n) is 18.6. The SMILES string of the molecule is CCN[C@@H]1C=C2C=CCC[C@H]2C[C@H]1COC(=O)[C@]12O[C@@]1(C/C(CO)=C(\C)CC1(C3=CCNC(N)=C3)CCCCC1)C(=O)c1ccccc1C2=O. The van der Waals surface area contributed by atoms with Crippen LogP contribution in [0.15, 0.2) is 82.8 Å². The number of ether oxygens (including phenoxy) is 2. The van der Waals surface area contributed by atoms with Gasteiger partial charge in [0.05, 0.1) is 19.0 Å². The van der Waals surface area contributed by atoms with Gasteiger partial charge in [-0.1, -0.05) is 80.3 Å². The van der Waals surface area contributed by atoms with Gasteiger partial charge in [-0.05, 0) is 86.1 Å². The normalized spacial score (nSPS) is 31.5. The van der Waals surface area contributed by atoms with Crippen molar-refractivity contribution in [1.82, 2.24) is 10.6 Å². The fourth-order valence-corrected chi connectivity index (χ4v) is 9.53. The molecule has 0 spiro atoms. The smallest absolute Gasteiger partial charge is 0.350 e. The Morgan fingerprint density at radius 2 is 1.88 bits per heavy atom. The van der Waals surface area contributed by atoms with Crippen molar-refractivity contribution in [1.29, 1.82) is 0 Å². The van der Waals surface area contributed by atoms with Crippen molar-refractivity contribution in [3.63, 3.8) is 0 Å². The van der Waals surface area contributed by atoms with Crippen molar-refractivity contribution < 1.29 is 29.0 Å². The first-order valence-corrected chi connectivity index (χ1v) is 18.6. The molecule has 5 N–H and O–H groups in total. The predicted molar refractivity (Wildman–Crippen MR) is 191 cm³/mol. The number of allylic oxidation sites excluding steroid dienone is 6. The molecule has 2 heterocycles. The minimum Gasteiger partial charge on any atom is -0.463 e. The van der Waals surface area contributed by atoms with E-state index in [1.165, 1.54) is 17.6 Å². The van der Waals surface area contributed by atoms with Crippen molar-refractivity contribution in [3.8, 4) is 0 Å². The van der Waals surface area contributed by atoms with Gasteiger partial charge in [0.2, 0.25) is 5.78 Å². The van der Waals surface area contributed by atoms with Gasteiger partial charge in [-0.15, -0.1) is 0 Å². The zero-order valence-corrected chi connectivity index (χ0v) is 29.4. The Hall–Kier alpha value is -3.79. The number of Topliss-reactive ketones (excluding diaryl/α,β-unsaturated/α-hetero) is 2. The highest BCUT2D eigenvalue weighted by molar-refractivity contribution is 6.32. The molecule has 1 aromatic rings. The molecular formula is C41H51N3O6. The first-order chi connectivity index (χ1) is 24.2. The summed E-state index contributed by atoms with van der Waals surface area (Å²) in [5, 5.41) is 17.6. The molecule has 9 nitrogen and oxygen atoms in total. The Labute approximate surface area is 295 Å². The number of carbonyl (C=O) groups is 3. The van der Waals surface area contributed by atoms with Gasteiger partial charge in [0.1, 0.15) is 0 Å². The molecular weight excluding hydrogens is 630 g/mol. The van der Waals surface area contributed by atoms with E-state index in [1.807, 2.05) is 13.0 Å². The first kappa shape index (κ1) is 34.6. The second-order valence-electron chi connectivity index (χ2n) is 15.2. The van der Waals surface area contributed by atoms with Gasteiger partial charge < -0.3 is 30.9 Å². The lowest BCUT2D eigenvalue weighted by molar-refractivity contribution is -0.150. The number of nitrogens with one attached hydrogen (secondary N) is 2. The quantitative estimate of drug-likeness (QED) is 0.105. The zero-order valence-electron chi connectivity index (χ0n) is 29.4. The van der Waals surface area contributed by atoms with Gasteiger partial charge in [-0.2, -0.15) is 0 Å². The zero-order chi connectivity index (χ0) is 35.1. The lowest BCUT2D eigenvalue weighted by atomic mass is 9.64. The molecule has 2 aliphatic heterocycles. The number of hydrogen-bond donors (Lipinski definition) is 4. The number of epoxide rings is 1. The molecule has 7 rings (SSSR count). The van der Waals surface area contributed by atoms with Gasteiger partial charge in [-0.25, -0.2) is 4.79 Å². The summed E-state index contributed by atoms with van der Waals surface area (Å²) in [7, 11) is 0. The monoisotopic (exact) mass is 681 g/mol.